The van der Waals surface area contributed by atoms with E-state index in [1.165, 1.54) is 0 Å². The molecule has 2 amide bonds. The molecule has 1 N–H and O–H groups in total. The van der Waals surface area contributed by atoms with Crippen molar-refractivity contribution in [1.29, 1.82) is 0 Å². The van der Waals surface area contributed by atoms with Crippen molar-refractivity contribution in [1.82, 2.24) is 10.2 Å². The van der Waals surface area contributed by atoms with Crippen molar-refractivity contribution < 1.29 is 14.3 Å². The molecule has 2 saturated heterocycles. The van der Waals surface area contributed by atoms with Gasteiger partial charge in [0.05, 0.1) is 12.2 Å². The highest BCUT2D eigenvalue weighted by Gasteiger charge is 2.32. The lowest BCUT2D eigenvalue weighted by molar-refractivity contribution is -0.135. The van der Waals surface area contributed by atoms with Crippen molar-refractivity contribution in [3.05, 3.63) is 0 Å². The van der Waals surface area contributed by atoms with Crippen LogP contribution in [0.1, 0.15) is 46.0 Å². The van der Waals surface area contributed by atoms with Crippen molar-refractivity contribution in [3.8, 4) is 0 Å². The lowest BCUT2D eigenvalue weighted by atomic mass is 10.1. The Kier molecular flexibility index (Phi) is 4.80. The van der Waals surface area contributed by atoms with Gasteiger partial charge in [-0.1, -0.05) is 13.3 Å². The van der Waals surface area contributed by atoms with Crippen LogP contribution in [0.2, 0.25) is 0 Å². The fraction of sp³-hybridized carbons (Fsp3) is 0.857. The zero-order valence-corrected chi connectivity index (χ0v) is 11.9. The first-order valence-electron chi connectivity index (χ1n) is 7.33. The van der Waals surface area contributed by atoms with E-state index >= 15 is 0 Å². The molecule has 0 spiro atoms. The fourth-order valence-electron chi connectivity index (χ4n) is 2.83. The van der Waals surface area contributed by atoms with Gasteiger partial charge in [0.1, 0.15) is 6.04 Å². The Labute approximate surface area is 114 Å². The van der Waals surface area contributed by atoms with Crippen molar-refractivity contribution in [2.24, 2.45) is 0 Å². The minimum absolute atomic E-state index is 0.0185. The van der Waals surface area contributed by atoms with Crippen LogP contribution in [0, 0.1) is 0 Å². The maximum Gasteiger partial charge on any atom is 0.245 e. The Morgan fingerprint density at radius 1 is 1.37 bits per heavy atom. The molecule has 0 aromatic rings. The predicted octanol–water partition coefficient (Wildman–Crippen LogP) is 1.07. The highest BCUT2D eigenvalue weighted by Crippen LogP contribution is 2.21. The topological polar surface area (TPSA) is 58.6 Å². The van der Waals surface area contributed by atoms with Gasteiger partial charge < -0.3 is 15.0 Å². The number of hydrogen-bond acceptors (Lipinski definition) is 3. The Balaban J connectivity index is 1.97. The summed E-state index contributed by atoms with van der Waals surface area (Å²) in [5, 5.41) is 2.82. The second-order valence-electron chi connectivity index (χ2n) is 5.59. The maximum absolute atomic E-state index is 12.4. The summed E-state index contributed by atoms with van der Waals surface area (Å²) in [4.78, 5) is 25.8. The first-order chi connectivity index (χ1) is 9.10. The molecule has 0 aromatic carbocycles. The molecular weight excluding hydrogens is 244 g/mol. The Morgan fingerprint density at radius 2 is 2.16 bits per heavy atom. The second kappa shape index (κ2) is 6.37. The number of rotatable bonds is 4. The molecule has 2 heterocycles. The molecule has 0 aromatic heterocycles. The van der Waals surface area contributed by atoms with Crippen LogP contribution in [-0.4, -0.2) is 48.1 Å². The molecule has 5 heteroatoms. The molecular formula is C14H24N2O3. The average Bonchev–Trinajstić information content (AvgIpc) is 2.73. The summed E-state index contributed by atoms with van der Waals surface area (Å²) in [5.74, 6) is 0.0332. The minimum atomic E-state index is -0.348. The number of nitrogens with zero attached hydrogens (tertiary/aromatic N) is 1. The number of ether oxygens (including phenoxy) is 1. The number of hydrogen-bond donors (Lipinski definition) is 1. The third-order valence-corrected chi connectivity index (χ3v) is 3.88. The molecule has 2 fully saturated rings. The Morgan fingerprint density at radius 3 is 2.79 bits per heavy atom. The third-order valence-electron chi connectivity index (χ3n) is 3.88. The van der Waals surface area contributed by atoms with Crippen LogP contribution in [0.15, 0.2) is 0 Å². The predicted molar refractivity (Wildman–Crippen MR) is 71.6 cm³/mol. The first kappa shape index (κ1) is 14.3. The molecule has 2 aliphatic heterocycles. The van der Waals surface area contributed by atoms with Crippen LogP contribution >= 0.6 is 0 Å². The van der Waals surface area contributed by atoms with Crippen molar-refractivity contribution in [3.63, 3.8) is 0 Å². The minimum Gasteiger partial charge on any atom is -0.373 e. The molecule has 0 radical (unpaired) electrons. The second-order valence-corrected chi connectivity index (χ2v) is 5.59. The van der Waals surface area contributed by atoms with E-state index in [9.17, 15) is 9.59 Å². The summed E-state index contributed by atoms with van der Waals surface area (Å²) in [6.07, 6.45) is 4.49. The summed E-state index contributed by atoms with van der Waals surface area (Å²) < 4.78 is 5.78. The molecule has 19 heavy (non-hydrogen) atoms. The van der Waals surface area contributed by atoms with E-state index in [1.807, 2.05) is 6.92 Å². The van der Waals surface area contributed by atoms with Crippen molar-refractivity contribution >= 4 is 11.8 Å². The molecule has 3 atom stereocenters. The van der Waals surface area contributed by atoms with E-state index in [0.29, 0.717) is 32.0 Å². The summed E-state index contributed by atoms with van der Waals surface area (Å²) >= 11 is 0. The van der Waals surface area contributed by atoms with Gasteiger partial charge in [-0.25, -0.2) is 0 Å². The van der Waals surface area contributed by atoms with Gasteiger partial charge in [0, 0.05) is 19.5 Å². The summed E-state index contributed by atoms with van der Waals surface area (Å²) in [7, 11) is 0. The normalized spacial score (nSPS) is 32.3. The molecule has 0 saturated carbocycles. The lowest BCUT2D eigenvalue weighted by Gasteiger charge is -2.26. The van der Waals surface area contributed by atoms with Crippen LogP contribution in [0.25, 0.3) is 0 Å². The summed E-state index contributed by atoms with van der Waals surface area (Å²) in [6, 6.07) is -0.348. The van der Waals surface area contributed by atoms with Gasteiger partial charge in [-0.2, -0.15) is 0 Å². The van der Waals surface area contributed by atoms with E-state index in [-0.39, 0.29) is 24.0 Å². The summed E-state index contributed by atoms with van der Waals surface area (Å²) in [5.41, 5.74) is 0. The monoisotopic (exact) mass is 268 g/mol. The zero-order chi connectivity index (χ0) is 13.8. The SMILES string of the molecule is CCCC1NC(=O)CCN(CC2CCC(C)O2)C1=O. The van der Waals surface area contributed by atoms with E-state index in [4.69, 9.17) is 4.74 Å². The van der Waals surface area contributed by atoms with E-state index in [1.54, 1.807) is 4.90 Å². The highest BCUT2D eigenvalue weighted by molar-refractivity contribution is 5.89. The first-order valence-corrected chi connectivity index (χ1v) is 7.33. The summed E-state index contributed by atoms with van der Waals surface area (Å²) in [6.45, 7) is 5.23. The van der Waals surface area contributed by atoms with Crippen LogP contribution in [0.4, 0.5) is 0 Å². The largest absolute Gasteiger partial charge is 0.373 e. The molecule has 0 bridgehead atoms. The zero-order valence-electron chi connectivity index (χ0n) is 11.9. The quantitative estimate of drug-likeness (QED) is 0.829. The van der Waals surface area contributed by atoms with E-state index in [2.05, 4.69) is 12.2 Å². The van der Waals surface area contributed by atoms with Crippen molar-refractivity contribution in [2.45, 2.75) is 64.2 Å². The number of amides is 2. The van der Waals surface area contributed by atoms with E-state index < -0.39 is 0 Å². The van der Waals surface area contributed by atoms with Gasteiger partial charge in [-0.15, -0.1) is 0 Å². The molecule has 2 rings (SSSR count). The van der Waals surface area contributed by atoms with Crippen LogP contribution in [-0.2, 0) is 14.3 Å². The smallest absolute Gasteiger partial charge is 0.245 e. The number of carbonyl (C=O) groups excluding carboxylic acids is 2. The molecule has 3 unspecified atom stereocenters. The van der Waals surface area contributed by atoms with Gasteiger partial charge >= 0.3 is 0 Å². The molecule has 5 nitrogen and oxygen atoms in total. The average molecular weight is 268 g/mol. The highest BCUT2D eigenvalue weighted by atomic mass is 16.5. The third kappa shape index (κ3) is 3.69. The van der Waals surface area contributed by atoms with Gasteiger partial charge in [-0.3, -0.25) is 9.59 Å². The van der Waals surface area contributed by atoms with E-state index in [0.717, 1.165) is 19.3 Å². The lowest BCUT2D eigenvalue weighted by Crippen LogP contribution is -2.46. The maximum atomic E-state index is 12.4. The number of carbonyl (C=O) groups is 2. The Hall–Kier alpha value is -1.10. The molecule has 0 aliphatic carbocycles. The van der Waals surface area contributed by atoms with Crippen molar-refractivity contribution in [2.75, 3.05) is 13.1 Å². The Bertz CT molecular complexity index is 346. The van der Waals surface area contributed by atoms with Gasteiger partial charge in [0.25, 0.3) is 0 Å². The standard InChI is InChI=1S/C14H24N2O3/c1-3-4-12-14(18)16(8-7-13(17)15-12)9-11-6-5-10(2)19-11/h10-12H,3-9H2,1-2H3,(H,15,17). The molecule has 108 valence electrons. The van der Waals surface area contributed by atoms with Crippen LogP contribution in [0.5, 0.6) is 0 Å². The van der Waals surface area contributed by atoms with Crippen LogP contribution in [0.3, 0.4) is 0 Å². The van der Waals surface area contributed by atoms with Gasteiger partial charge in [0.2, 0.25) is 11.8 Å². The fourth-order valence-corrected chi connectivity index (χ4v) is 2.83. The van der Waals surface area contributed by atoms with Gasteiger partial charge in [0.15, 0.2) is 0 Å². The molecule has 2 aliphatic rings. The van der Waals surface area contributed by atoms with Gasteiger partial charge in [-0.05, 0) is 26.2 Å². The van der Waals surface area contributed by atoms with Crippen LogP contribution < -0.4 is 5.32 Å². The number of nitrogens with one attached hydrogen (secondary N) is 1.